The second-order valence-corrected chi connectivity index (χ2v) is 9.50. The highest BCUT2D eigenvalue weighted by Gasteiger charge is 2.35. The molecule has 4 aromatic rings. The molecule has 0 fully saturated rings. The average Bonchev–Trinajstić information content (AvgIpc) is 3.45. The molecule has 4 rings (SSSR count). The van der Waals surface area contributed by atoms with Gasteiger partial charge in [-0.3, -0.25) is 19.5 Å². The first-order valence-corrected chi connectivity index (χ1v) is 12.6. The minimum absolute atomic E-state index is 0.0221. The van der Waals surface area contributed by atoms with Gasteiger partial charge < -0.3 is 9.73 Å². The fraction of sp³-hybridized carbons (Fsp3) is 0.115. The van der Waals surface area contributed by atoms with Crippen molar-refractivity contribution in [1.82, 2.24) is 15.0 Å². The summed E-state index contributed by atoms with van der Waals surface area (Å²) in [6.45, 7) is -0.359. The Labute approximate surface area is 208 Å². The highest BCUT2D eigenvalue weighted by molar-refractivity contribution is 7.89. The number of hydrogen-bond acceptors (Lipinski definition) is 6. The molecule has 2 aromatic heterocycles. The van der Waals surface area contributed by atoms with Gasteiger partial charge in [0, 0.05) is 12.7 Å². The molecule has 0 radical (unpaired) electrons. The van der Waals surface area contributed by atoms with E-state index < -0.39 is 34.4 Å². The number of hydrogen-bond donors (Lipinski definition) is 2. The van der Waals surface area contributed by atoms with Gasteiger partial charge in [-0.2, -0.15) is 0 Å². The van der Waals surface area contributed by atoms with Crippen molar-refractivity contribution in [3.8, 4) is 0 Å². The molecule has 184 valence electrons. The van der Waals surface area contributed by atoms with Gasteiger partial charge in [0.25, 0.3) is 5.91 Å². The van der Waals surface area contributed by atoms with Crippen LogP contribution in [0.1, 0.15) is 17.4 Å². The molecule has 9 nitrogen and oxygen atoms in total. The lowest BCUT2D eigenvalue weighted by Gasteiger charge is -2.29. The predicted molar refractivity (Wildman–Crippen MR) is 133 cm³/mol. The number of furan rings is 1. The van der Waals surface area contributed by atoms with E-state index in [9.17, 15) is 18.0 Å². The Hall–Kier alpha value is -4.28. The number of rotatable bonds is 10. The second-order valence-electron chi connectivity index (χ2n) is 7.73. The molecule has 0 aliphatic heterocycles. The third-order valence-electron chi connectivity index (χ3n) is 5.29. The van der Waals surface area contributed by atoms with E-state index in [4.69, 9.17) is 4.42 Å². The summed E-state index contributed by atoms with van der Waals surface area (Å²) in [5.41, 5.74) is 1.18. The third kappa shape index (κ3) is 6.04. The average molecular weight is 505 g/mol. The summed E-state index contributed by atoms with van der Waals surface area (Å²) >= 11 is 0. The number of nitrogens with one attached hydrogen (secondary N) is 2. The van der Waals surface area contributed by atoms with Gasteiger partial charge in [-0.15, -0.1) is 0 Å². The van der Waals surface area contributed by atoms with Crippen LogP contribution in [0, 0.1) is 0 Å². The van der Waals surface area contributed by atoms with E-state index in [1.807, 2.05) is 30.3 Å². The van der Waals surface area contributed by atoms with Crippen molar-refractivity contribution < 1.29 is 22.4 Å². The standard InChI is InChI=1S/C26H24N4O5S/c31-24(19-29-36(33,34)22-12-5-2-6-13-22)30(21-11-7-15-27-18-21)25(23-14-8-16-35-23)26(32)28-17-20-9-3-1-4-10-20/h1-16,18,25,29H,17,19H2,(H,28,32)/t25-/m1/s1. The van der Waals surface area contributed by atoms with Crippen molar-refractivity contribution in [3.63, 3.8) is 0 Å². The first-order valence-electron chi connectivity index (χ1n) is 11.1. The van der Waals surface area contributed by atoms with E-state index in [0.29, 0.717) is 5.69 Å². The summed E-state index contributed by atoms with van der Waals surface area (Å²) in [6.07, 6.45) is 4.35. The van der Waals surface area contributed by atoms with Crippen molar-refractivity contribution in [2.24, 2.45) is 0 Å². The molecule has 10 heteroatoms. The van der Waals surface area contributed by atoms with Crippen LogP contribution in [-0.2, 0) is 26.2 Å². The van der Waals surface area contributed by atoms with Gasteiger partial charge in [0.15, 0.2) is 6.04 Å². The number of nitrogens with zero attached hydrogens (tertiary/aromatic N) is 2. The third-order valence-corrected chi connectivity index (χ3v) is 6.71. The molecule has 2 heterocycles. The van der Waals surface area contributed by atoms with Gasteiger partial charge in [0.2, 0.25) is 15.9 Å². The van der Waals surface area contributed by atoms with Crippen LogP contribution < -0.4 is 14.9 Å². The molecule has 0 aliphatic carbocycles. The molecular formula is C26H24N4O5S. The summed E-state index contributed by atoms with van der Waals surface area (Å²) in [7, 11) is -3.95. The van der Waals surface area contributed by atoms with Crippen molar-refractivity contribution in [3.05, 3.63) is 115 Å². The summed E-state index contributed by atoms with van der Waals surface area (Å²) in [4.78, 5) is 32.2. The van der Waals surface area contributed by atoms with Crippen molar-refractivity contribution in [1.29, 1.82) is 0 Å². The Balaban J connectivity index is 1.62. The molecule has 2 N–H and O–H groups in total. The Kier molecular flexibility index (Phi) is 7.89. The lowest BCUT2D eigenvalue weighted by molar-refractivity contribution is -0.126. The van der Waals surface area contributed by atoms with Gasteiger partial charge in [-0.1, -0.05) is 48.5 Å². The van der Waals surface area contributed by atoms with E-state index in [1.165, 1.54) is 35.7 Å². The molecule has 0 spiro atoms. The molecule has 36 heavy (non-hydrogen) atoms. The first-order chi connectivity index (χ1) is 17.5. The molecule has 0 bridgehead atoms. The van der Waals surface area contributed by atoms with Gasteiger partial charge in [0.1, 0.15) is 5.76 Å². The monoisotopic (exact) mass is 504 g/mol. The fourth-order valence-electron chi connectivity index (χ4n) is 3.56. The summed E-state index contributed by atoms with van der Waals surface area (Å²) in [6, 6.07) is 22.2. The van der Waals surface area contributed by atoms with Crippen LogP contribution in [0.15, 0.2) is 113 Å². The summed E-state index contributed by atoms with van der Waals surface area (Å²) in [5.74, 6) is -0.959. The zero-order valence-corrected chi connectivity index (χ0v) is 20.0. The van der Waals surface area contributed by atoms with Crippen LogP contribution in [0.2, 0.25) is 0 Å². The van der Waals surface area contributed by atoms with Crippen molar-refractivity contribution in [2.75, 3.05) is 11.4 Å². The van der Waals surface area contributed by atoms with E-state index in [2.05, 4.69) is 15.0 Å². The van der Waals surface area contributed by atoms with E-state index >= 15 is 0 Å². The van der Waals surface area contributed by atoms with Gasteiger partial charge in [0.05, 0.1) is 29.6 Å². The van der Waals surface area contributed by atoms with Gasteiger partial charge in [-0.25, -0.2) is 13.1 Å². The van der Waals surface area contributed by atoms with Gasteiger partial charge >= 0.3 is 0 Å². The SMILES string of the molecule is O=C(NCc1ccccc1)[C@@H](c1ccco1)N(C(=O)CNS(=O)(=O)c1ccccc1)c1cccnc1. The molecule has 2 amide bonds. The van der Waals surface area contributed by atoms with Crippen LogP contribution >= 0.6 is 0 Å². The lowest BCUT2D eigenvalue weighted by Crippen LogP contribution is -2.47. The Morgan fingerprint density at radius 3 is 2.28 bits per heavy atom. The van der Waals surface area contributed by atoms with Crippen molar-refractivity contribution in [2.45, 2.75) is 17.5 Å². The number of aromatic nitrogens is 1. The number of amides is 2. The maximum atomic E-state index is 13.5. The topological polar surface area (TPSA) is 122 Å². The molecule has 0 saturated carbocycles. The quantitative estimate of drug-likeness (QED) is 0.342. The van der Waals surface area contributed by atoms with Crippen LogP contribution in [0.25, 0.3) is 0 Å². The number of sulfonamides is 1. The highest BCUT2D eigenvalue weighted by Crippen LogP contribution is 2.28. The van der Waals surface area contributed by atoms with E-state index in [0.717, 1.165) is 5.56 Å². The zero-order valence-electron chi connectivity index (χ0n) is 19.2. The van der Waals surface area contributed by atoms with Crippen LogP contribution in [0.3, 0.4) is 0 Å². The van der Waals surface area contributed by atoms with Crippen LogP contribution in [-0.4, -0.2) is 31.8 Å². The fourth-order valence-corrected chi connectivity index (χ4v) is 4.56. The summed E-state index contributed by atoms with van der Waals surface area (Å²) in [5, 5.41) is 2.84. The Bertz CT molecular complexity index is 1380. The molecular weight excluding hydrogens is 480 g/mol. The van der Waals surface area contributed by atoms with E-state index in [1.54, 1.807) is 42.5 Å². The molecule has 0 saturated heterocycles. The summed E-state index contributed by atoms with van der Waals surface area (Å²) < 4.78 is 33.2. The molecule has 0 aliphatic rings. The Morgan fingerprint density at radius 2 is 1.64 bits per heavy atom. The maximum absolute atomic E-state index is 13.5. The first kappa shape index (κ1) is 24.8. The smallest absolute Gasteiger partial charge is 0.251 e. The number of carbonyl (C=O) groups is 2. The Morgan fingerprint density at radius 1 is 0.917 bits per heavy atom. The van der Waals surface area contributed by atoms with Crippen LogP contribution in [0.4, 0.5) is 5.69 Å². The number of carbonyl (C=O) groups excluding carboxylic acids is 2. The lowest BCUT2D eigenvalue weighted by atomic mass is 10.1. The van der Waals surface area contributed by atoms with Gasteiger partial charge in [-0.05, 0) is 42.0 Å². The zero-order chi connectivity index (χ0) is 25.4. The molecule has 0 unspecified atom stereocenters. The molecule has 2 aromatic carbocycles. The van der Waals surface area contributed by atoms with Crippen LogP contribution in [0.5, 0.6) is 0 Å². The normalized spacial score (nSPS) is 12.0. The second kappa shape index (κ2) is 11.4. The van der Waals surface area contributed by atoms with Crippen molar-refractivity contribution >= 4 is 27.5 Å². The number of benzene rings is 2. The van der Waals surface area contributed by atoms with E-state index in [-0.39, 0.29) is 17.2 Å². The largest absolute Gasteiger partial charge is 0.467 e. The maximum Gasteiger partial charge on any atom is 0.251 e. The predicted octanol–water partition coefficient (Wildman–Crippen LogP) is 3.04. The number of pyridine rings is 1. The molecule has 1 atom stereocenters. The number of anilines is 1. The minimum Gasteiger partial charge on any atom is -0.467 e. The minimum atomic E-state index is -3.95. The highest BCUT2D eigenvalue weighted by atomic mass is 32.2.